The van der Waals surface area contributed by atoms with Gasteiger partial charge in [-0.3, -0.25) is 4.79 Å². The highest BCUT2D eigenvalue weighted by molar-refractivity contribution is 6.51. The maximum absolute atomic E-state index is 13.1. The first kappa shape index (κ1) is 22.4. The number of hydrogen-bond acceptors (Lipinski definition) is 7. The van der Waals surface area contributed by atoms with Gasteiger partial charge < -0.3 is 13.9 Å². The number of esters is 1. The zero-order valence-corrected chi connectivity index (χ0v) is 18.3. The van der Waals surface area contributed by atoms with Crippen molar-refractivity contribution in [3.05, 3.63) is 120 Å². The molecule has 3 aromatic carbocycles. The largest absolute Gasteiger partial charge is 0.493 e. The van der Waals surface area contributed by atoms with Gasteiger partial charge in [-0.1, -0.05) is 60.7 Å². The lowest BCUT2D eigenvalue weighted by Crippen LogP contribution is -2.15. The summed E-state index contributed by atoms with van der Waals surface area (Å²) < 4.78 is 15.7. The van der Waals surface area contributed by atoms with E-state index in [1.807, 2.05) is 24.3 Å². The third kappa shape index (κ3) is 5.34. The zero-order chi connectivity index (χ0) is 23.8. The van der Waals surface area contributed by atoms with Gasteiger partial charge in [-0.25, -0.2) is 4.79 Å². The Labute approximate surface area is 196 Å². The van der Waals surface area contributed by atoms with Crippen LogP contribution < -0.4 is 9.47 Å². The summed E-state index contributed by atoms with van der Waals surface area (Å²) in [5.74, 6) is -0.230. The van der Waals surface area contributed by atoms with E-state index < -0.39 is 5.97 Å². The maximum Gasteiger partial charge on any atom is 0.379 e. The van der Waals surface area contributed by atoms with Gasteiger partial charge in [0.2, 0.25) is 11.5 Å². The predicted molar refractivity (Wildman–Crippen MR) is 128 cm³/mol. The number of ketones is 1. The van der Waals surface area contributed by atoms with E-state index in [0.717, 1.165) is 0 Å². The van der Waals surface area contributed by atoms with Crippen LogP contribution in [0.1, 0.15) is 32.0 Å². The first-order valence-electron chi connectivity index (χ1n) is 10.4. The molecule has 0 bridgehead atoms. The van der Waals surface area contributed by atoms with Gasteiger partial charge in [0.25, 0.3) is 0 Å². The molecule has 0 aliphatic heterocycles. The molecule has 0 atom stereocenters. The van der Waals surface area contributed by atoms with Gasteiger partial charge in [0.05, 0.1) is 19.6 Å². The zero-order valence-electron chi connectivity index (χ0n) is 18.3. The summed E-state index contributed by atoms with van der Waals surface area (Å²) in [6.45, 7) is 0. The molecule has 168 valence electrons. The summed E-state index contributed by atoms with van der Waals surface area (Å²) >= 11 is 0. The Balaban J connectivity index is 1.58. The molecule has 0 fully saturated rings. The molecule has 0 aliphatic carbocycles. The number of Topliss-reactive ketones (excluding diaryl/α,β-unsaturated/α-hetero) is 1. The van der Waals surface area contributed by atoms with Crippen LogP contribution in [0.25, 0.3) is 0 Å². The van der Waals surface area contributed by atoms with Crippen molar-refractivity contribution in [2.45, 2.75) is 0 Å². The minimum atomic E-state index is -0.638. The summed E-state index contributed by atoms with van der Waals surface area (Å²) in [5, 5.41) is 8.36. The van der Waals surface area contributed by atoms with Crippen LogP contribution in [0.3, 0.4) is 0 Å². The quantitative estimate of drug-likeness (QED) is 0.120. The number of ether oxygens (including phenoxy) is 2. The number of benzene rings is 3. The molecule has 1 heterocycles. The molecule has 34 heavy (non-hydrogen) atoms. The highest BCUT2D eigenvalue weighted by Crippen LogP contribution is 2.28. The second-order valence-corrected chi connectivity index (χ2v) is 7.03. The Morgan fingerprint density at radius 2 is 1.53 bits per heavy atom. The second-order valence-electron chi connectivity index (χ2n) is 7.03. The number of methoxy groups -OCH3 is 1. The van der Waals surface area contributed by atoms with E-state index in [1.165, 1.54) is 25.7 Å². The van der Waals surface area contributed by atoms with Crippen LogP contribution in [0.15, 0.2) is 112 Å². The van der Waals surface area contributed by atoms with Gasteiger partial charge in [-0.15, -0.1) is 5.10 Å². The number of furan rings is 1. The molecule has 0 radical (unpaired) electrons. The van der Waals surface area contributed by atoms with Crippen molar-refractivity contribution in [2.75, 3.05) is 7.11 Å². The predicted octanol–water partition coefficient (Wildman–Crippen LogP) is 5.21. The van der Waals surface area contributed by atoms with Crippen molar-refractivity contribution in [1.29, 1.82) is 0 Å². The van der Waals surface area contributed by atoms with Gasteiger partial charge in [0.1, 0.15) is 5.71 Å². The van der Waals surface area contributed by atoms with E-state index in [4.69, 9.17) is 13.9 Å². The van der Waals surface area contributed by atoms with E-state index in [-0.39, 0.29) is 23.0 Å². The first-order chi connectivity index (χ1) is 16.7. The minimum absolute atomic E-state index is 0.0820. The fourth-order valence-electron chi connectivity index (χ4n) is 3.10. The van der Waals surface area contributed by atoms with Gasteiger partial charge in [0.15, 0.2) is 11.5 Å². The number of carbonyl (C=O) groups is 2. The van der Waals surface area contributed by atoms with Crippen molar-refractivity contribution in [1.82, 2.24) is 0 Å². The molecule has 0 amide bonds. The number of hydrogen-bond donors (Lipinski definition) is 0. The van der Waals surface area contributed by atoms with E-state index >= 15 is 0 Å². The lowest BCUT2D eigenvalue weighted by atomic mass is 10.0. The summed E-state index contributed by atoms with van der Waals surface area (Å²) in [6.07, 6.45) is 2.88. The maximum atomic E-state index is 13.1. The molecule has 1 aromatic heterocycles. The van der Waals surface area contributed by atoms with E-state index in [2.05, 4.69) is 10.2 Å². The van der Waals surface area contributed by atoms with E-state index in [1.54, 1.807) is 60.7 Å². The molecule has 0 N–H and O–H groups in total. The number of carbonyl (C=O) groups excluding carboxylic acids is 2. The lowest BCUT2D eigenvalue weighted by Gasteiger charge is -2.08. The fraction of sp³-hybridized carbons (Fsp3) is 0.0370. The summed E-state index contributed by atoms with van der Waals surface area (Å²) in [7, 11) is 1.46. The Hall–Kier alpha value is -4.78. The van der Waals surface area contributed by atoms with E-state index in [9.17, 15) is 9.59 Å². The van der Waals surface area contributed by atoms with Crippen LogP contribution in [0.5, 0.6) is 11.5 Å². The van der Waals surface area contributed by atoms with E-state index in [0.29, 0.717) is 22.4 Å². The highest BCUT2D eigenvalue weighted by atomic mass is 16.6. The van der Waals surface area contributed by atoms with Crippen molar-refractivity contribution < 1.29 is 23.5 Å². The Morgan fingerprint density at radius 1 is 0.824 bits per heavy atom. The van der Waals surface area contributed by atoms with Crippen LogP contribution in [-0.4, -0.2) is 30.8 Å². The second kappa shape index (κ2) is 10.7. The molecule has 0 aliphatic rings. The first-order valence-corrected chi connectivity index (χ1v) is 10.4. The topological polar surface area (TPSA) is 90.5 Å². The average molecular weight is 452 g/mol. The minimum Gasteiger partial charge on any atom is -0.493 e. The van der Waals surface area contributed by atoms with Gasteiger partial charge in [-0.05, 0) is 35.9 Å². The molecular formula is C27H20N2O5. The van der Waals surface area contributed by atoms with Crippen LogP contribution in [0.4, 0.5) is 0 Å². The molecule has 7 nitrogen and oxygen atoms in total. The third-order valence-corrected chi connectivity index (χ3v) is 4.78. The highest BCUT2D eigenvalue weighted by Gasteiger charge is 2.17. The number of nitrogens with zero attached hydrogens (tertiary/aromatic N) is 2. The fourth-order valence-corrected chi connectivity index (χ4v) is 3.10. The SMILES string of the molecule is COc1cc(C=NN=C(C(=O)c2ccccc2)c2ccccc2)ccc1OC(=O)c1ccco1. The molecule has 0 unspecified atom stereocenters. The van der Waals surface area contributed by atoms with Gasteiger partial charge >= 0.3 is 5.97 Å². The summed E-state index contributed by atoms with van der Waals surface area (Å²) in [5.41, 5.74) is 2.04. The standard InChI is InChI=1S/C27H20N2O5/c1-32-24-17-19(14-15-22(24)34-27(31)23-13-8-16-33-23)18-28-29-25(20-9-4-2-5-10-20)26(30)21-11-6-3-7-12-21/h2-18H,1H3. The molecule has 4 aromatic rings. The van der Waals surface area contributed by atoms with Crippen molar-refractivity contribution in [3.8, 4) is 11.5 Å². The monoisotopic (exact) mass is 452 g/mol. The average Bonchev–Trinajstić information content (AvgIpc) is 3.43. The van der Waals surface area contributed by atoms with Gasteiger partial charge in [0, 0.05) is 11.1 Å². The summed E-state index contributed by atoms with van der Waals surface area (Å²) in [6, 6.07) is 26.1. The van der Waals surface area contributed by atoms with Crippen LogP contribution >= 0.6 is 0 Å². The Bertz CT molecular complexity index is 1330. The molecule has 4 rings (SSSR count). The smallest absolute Gasteiger partial charge is 0.379 e. The van der Waals surface area contributed by atoms with Crippen LogP contribution in [0.2, 0.25) is 0 Å². The van der Waals surface area contributed by atoms with Crippen molar-refractivity contribution >= 4 is 23.7 Å². The Morgan fingerprint density at radius 3 is 2.18 bits per heavy atom. The van der Waals surface area contributed by atoms with Crippen molar-refractivity contribution in [2.24, 2.45) is 10.2 Å². The molecule has 7 heteroatoms. The van der Waals surface area contributed by atoms with Crippen LogP contribution in [-0.2, 0) is 0 Å². The normalized spacial score (nSPS) is 11.4. The molecule has 0 saturated carbocycles. The van der Waals surface area contributed by atoms with Crippen molar-refractivity contribution in [3.63, 3.8) is 0 Å². The Kier molecular flexibility index (Phi) is 7.05. The molecular weight excluding hydrogens is 432 g/mol. The summed E-state index contributed by atoms with van der Waals surface area (Å²) in [4.78, 5) is 25.2. The lowest BCUT2D eigenvalue weighted by molar-refractivity contribution is 0.0696. The molecule has 0 spiro atoms. The number of rotatable bonds is 8. The molecule has 0 saturated heterocycles. The third-order valence-electron chi connectivity index (χ3n) is 4.78. The van der Waals surface area contributed by atoms with Crippen LogP contribution in [0, 0.1) is 0 Å². The van der Waals surface area contributed by atoms with Gasteiger partial charge in [-0.2, -0.15) is 5.10 Å².